The van der Waals surface area contributed by atoms with Crippen LogP contribution in [0, 0.1) is 18.8 Å². The van der Waals surface area contributed by atoms with E-state index in [0.29, 0.717) is 0 Å². The second-order valence-corrected chi connectivity index (χ2v) is 8.77. The van der Waals surface area contributed by atoms with Crippen LogP contribution in [0.15, 0.2) is 24.8 Å². The molecular formula is C20H28N6. The molecule has 0 N–H and O–H groups in total. The Balaban J connectivity index is 1.38. The van der Waals surface area contributed by atoms with Crippen LogP contribution >= 0.6 is 0 Å². The number of likely N-dealkylation sites (tertiary alicyclic amines) is 1. The minimum atomic E-state index is 0.0557. The molecule has 4 heterocycles. The van der Waals surface area contributed by atoms with E-state index in [1.165, 1.54) is 5.56 Å². The van der Waals surface area contributed by atoms with E-state index in [2.05, 4.69) is 56.6 Å². The lowest BCUT2D eigenvalue weighted by atomic mass is 9.92. The van der Waals surface area contributed by atoms with Crippen LogP contribution in [0.3, 0.4) is 0 Å². The summed E-state index contributed by atoms with van der Waals surface area (Å²) in [4.78, 5) is 22.6. The first-order valence-electron chi connectivity index (χ1n) is 9.46. The molecule has 2 fully saturated rings. The third-order valence-corrected chi connectivity index (χ3v) is 5.55. The Bertz CT molecular complexity index is 753. The van der Waals surface area contributed by atoms with Gasteiger partial charge < -0.3 is 4.90 Å². The SMILES string of the molecule is Cc1ncc(CN2CC3CN(c4cc(C(C)(C)C)ncn4)CC3C2)cn1. The highest BCUT2D eigenvalue weighted by Gasteiger charge is 2.40. The number of hydrogen-bond donors (Lipinski definition) is 0. The first-order chi connectivity index (χ1) is 12.4. The van der Waals surface area contributed by atoms with Gasteiger partial charge in [0.15, 0.2) is 0 Å². The van der Waals surface area contributed by atoms with Crippen molar-refractivity contribution in [2.24, 2.45) is 11.8 Å². The van der Waals surface area contributed by atoms with Gasteiger partial charge in [0.2, 0.25) is 0 Å². The molecule has 0 saturated carbocycles. The lowest BCUT2D eigenvalue weighted by Crippen LogP contribution is -2.29. The quantitative estimate of drug-likeness (QED) is 0.846. The first-order valence-corrected chi connectivity index (χ1v) is 9.46. The number of anilines is 1. The summed E-state index contributed by atoms with van der Waals surface area (Å²) < 4.78 is 0. The van der Waals surface area contributed by atoms with E-state index in [9.17, 15) is 0 Å². The maximum Gasteiger partial charge on any atom is 0.132 e. The van der Waals surface area contributed by atoms with Gasteiger partial charge in [0, 0.05) is 62.2 Å². The Morgan fingerprint density at radius 2 is 1.62 bits per heavy atom. The summed E-state index contributed by atoms with van der Waals surface area (Å²) in [6.45, 7) is 13.9. The van der Waals surface area contributed by atoms with E-state index in [4.69, 9.17) is 0 Å². The van der Waals surface area contributed by atoms with E-state index < -0.39 is 0 Å². The van der Waals surface area contributed by atoms with E-state index in [1.807, 2.05) is 19.3 Å². The predicted octanol–water partition coefficient (Wildman–Crippen LogP) is 2.44. The zero-order valence-corrected chi connectivity index (χ0v) is 16.2. The van der Waals surface area contributed by atoms with Gasteiger partial charge in [0.1, 0.15) is 18.0 Å². The fourth-order valence-electron chi connectivity index (χ4n) is 4.10. The molecule has 0 bridgehead atoms. The van der Waals surface area contributed by atoms with Crippen LogP contribution in [0.25, 0.3) is 0 Å². The van der Waals surface area contributed by atoms with Crippen molar-refractivity contribution in [3.8, 4) is 0 Å². The Hall–Kier alpha value is -2.08. The smallest absolute Gasteiger partial charge is 0.132 e. The highest BCUT2D eigenvalue weighted by atomic mass is 15.3. The zero-order valence-electron chi connectivity index (χ0n) is 16.2. The van der Waals surface area contributed by atoms with Crippen LogP contribution in [-0.2, 0) is 12.0 Å². The zero-order chi connectivity index (χ0) is 18.3. The minimum absolute atomic E-state index is 0.0557. The van der Waals surface area contributed by atoms with Crippen molar-refractivity contribution < 1.29 is 0 Å². The Labute approximate surface area is 155 Å². The van der Waals surface area contributed by atoms with Crippen molar-refractivity contribution in [3.05, 3.63) is 41.9 Å². The van der Waals surface area contributed by atoms with Gasteiger partial charge in [-0.3, -0.25) is 4.90 Å². The third-order valence-electron chi connectivity index (χ3n) is 5.55. The van der Waals surface area contributed by atoms with Gasteiger partial charge in [0.25, 0.3) is 0 Å². The van der Waals surface area contributed by atoms with Gasteiger partial charge in [-0.25, -0.2) is 19.9 Å². The summed E-state index contributed by atoms with van der Waals surface area (Å²) in [5.41, 5.74) is 2.37. The molecule has 0 radical (unpaired) electrons. The molecule has 0 aliphatic carbocycles. The first kappa shape index (κ1) is 17.3. The molecule has 2 aliphatic rings. The Kier molecular flexibility index (Phi) is 4.39. The Morgan fingerprint density at radius 1 is 0.962 bits per heavy atom. The minimum Gasteiger partial charge on any atom is -0.356 e. The van der Waals surface area contributed by atoms with Gasteiger partial charge in [0.05, 0.1) is 5.69 Å². The van der Waals surface area contributed by atoms with Crippen molar-refractivity contribution in [3.63, 3.8) is 0 Å². The van der Waals surface area contributed by atoms with Crippen LogP contribution in [-0.4, -0.2) is 51.0 Å². The molecule has 0 amide bonds. The number of nitrogens with zero attached hydrogens (tertiary/aromatic N) is 6. The van der Waals surface area contributed by atoms with E-state index >= 15 is 0 Å². The molecule has 2 aromatic heterocycles. The largest absolute Gasteiger partial charge is 0.356 e. The number of aryl methyl sites for hydroxylation is 1. The molecule has 2 aromatic rings. The van der Waals surface area contributed by atoms with Crippen molar-refractivity contribution >= 4 is 5.82 Å². The number of rotatable bonds is 3. The molecule has 0 spiro atoms. The van der Waals surface area contributed by atoms with E-state index in [-0.39, 0.29) is 5.41 Å². The molecule has 2 saturated heterocycles. The molecule has 6 heteroatoms. The van der Waals surface area contributed by atoms with Crippen molar-refractivity contribution in [2.75, 3.05) is 31.1 Å². The molecular weight excluding hydrogens is 324 g/mol. The van der Waals surface area contributed by atoms with Crippen molar-refractivity contribution in [1.29, 1.82) is 0 Å². The third kappa shape index (κ3) is 3.56. The molecule has 2 unspecified atom stereocenters. The molecule has 2 aliphatic heterocycles. The summed E-state index contributed by atoms with van der Waals surface area (Å²) in [5, 5.41) is 0. The maximum atomic E-state index is 4.54. The molecule has 4 rings (SSSR count). The summed E-state index contributed by atoms with van der Waals surface area (Å²) in [7, 11) is 0. The van der Waals surface area contributed by atoms with Crippen LogP contribution in [0.1, 0.15) is 37.9 Å². The number of fused-ring (bicyclic) bond motifs is 1. The normalized spacial score (nSPS) is 23.5. The summed E-state index contributed by atoms with van der Waals surface area (Å²) in [6, 6.07) is 2.17. The van der Waals surface area contributed by atoms with E-state index in [1.54, 1.807) is 6.33 Å². The highest BCUT2D eigenvalue weighted by Crippen LogP contribution is 2.34. The molecule has 0 aromatic carbocycles. The van der Waals surface area contributed by atoms with E-state index in [0.717, 1.165) is 61.9 Å². The van der Waals surface area contributed by atoms with Gasteiger partial charge >= 0.3 is 0 Å². The number of aromatic nitrogens is 4. The highest BCUT2D eigenvalue weighted by molar-refractivity contribution is 5.42. The van der Waals surface area contributed by atoms with Crippen LogP contribution in [0.5, 0.6) is 0 Å². The molecule has 26 heavy (non-hydrogen) atoms. The summed E-state index contributed by atoms with van der Waals surface area (Å²) in [5.74, 6) is 3.35. The standard InChI is InChI=1S/C20H28N6/c1-14-21-6-15(7-22-14)8-25-9-16-11-26(12-17(16)10-25)19-5-18(20(2,3)4)23-13-24-19/h5-7,13,16-17H,8-12H2,1-4H3. The van der Waals surface area contributed by atoms with Gasteiger partial charge in [-0.05, 0) is 18.8 Å². The molecule has 2 atom stereocenters. The topological polar surface area (TPSA) is 58.0 Å². The van der Waals surface area contributed by atoms with Crippen molar-refractivity contribution in [1.82, 2.24) is 24.8 Å². The van der Waals surface area contributed by atoms with Crippen LogP contribution in [0.4, 0.5) is 5.82 Å². The predicted molar refractivity (Wildman–Crippen MR) is 102 cm³/mol. The van der Waals surface area contributed by atoms with Gasteiger partial charge in [-0.15, -0.1) is 0 Å². The monoisotopic (exact) mass is 352 g/mol. The fourth-order valence-corrected chi connectivity index (χ4v) is 4.10. The second-order valence-electron chi connectivity index (χ2n) is 8.77. The van der Waals surface area contributed by atoms with Crippen molar-refractivity contribution in [2.45, 2.75) is 39.7 Å². The summed E-state index contributed by atoms with van der Waals surface area (Å²) in [6.07, 6.45) is 5.63. The Morgan fingerprint density at radius 3 is 2.23 bits per heavy atom. The van der Waals surface area contributed by atoms with Crippen LogP contribution < -0.4 is 4.90 Å². The summed E-state index contributed by atoms with van der Waals surface area (Å²) >= 11 is 0. The molecule has 138 valence electrons. The lowest BCUT2D eigenvalue weighted by Gasteiger charge is -2.24. The lowest BCUT2D eigenvalue weighted by molar-refractivity contribution is 0.308. The average Bonchev–Trinajstić information content (AvgIpc) is 3.15. The van der Waals surface area contributed by atoms with Gasteiger partial charge in [-0.2, -0.15) is 0 Å². The fraction of sp³-hybridized carbons (Fsp3) is 0.600. The maximum absolute atomic E-state index is 4.54. The second kappa shape index (κ2) is 6.58. The van der Waals surface area contributed by atoms with Crippen LogP contribution in [0.2, 0.25) is 0 Å². The average molecular weight is 352 g/mol. The number of hydrogen-bond acceptors (Lipinski definition) is 6. The molecule has 6 nitrogen and oxygen atoms in total. The van der Waals surface area contributed by atoms with Gasteiger partial charge in [-0.1, -0.05) is 20.8 Å².